The third-order valence-electron chi connectivity index (χ3n) is 4.32. The summed E-state index contributed by atoms with van der Waals surface area (Å²) in [7, 11) is 0. The van der Waals surface area contributed by atoms with Gasteiger partial charge in [-0.15, -0.1) is 11.3 Å². The van der Waals surface area contributed by atoms with E-state index in [-0.39, 0.29) is 12.0 Å². The average Bonchev–Trinajstić information content (AvgIpc) is 3.32. The Balaban J connectivity index is 1.46. The Morgan fingerprint density at radius 2 is 2.24 bits per heavy atom. The third kappa shape index (κ3) is 3.71. The molecule has 1 saturated heterocycles. The van der Waals surface area contributed by atoms with E-state index >= 15 is 0 Å². The van der Waals surface area contributed by atoms with Gasteiger partial charge in [-0.25, -0.2) is 4.98 Å². The van der Waals surface area contributed by atoms with Gasteiger partial charge in [-0.3, -0.25) is 9.20 Å². The lowest BCUT2D eigenvalue weighted by atomic mass is 10.2. The Labute approximate surface area is 154 Å². The number of rotatable bonds is 5. The van der Waals surface area contributed by atoms with Crippen LogP contribution in [0.3, 0.4) is 0 Å². The van der Waals surface area contributed by atoms with Crippen molar-refractivity contribution in [3.05, 3.63) is 46.6 Å². The number of aromatic nitrogens is 2. The van der Waals surface area contributed by atoms with Gasteiger partial charge < -0.3 is 10.1 Å². The number of hydrogen-bond donors (Lipinski definition) is 1. The maximum absolute atomic E-state index is 12.2. The number of carbonyl (C=O) groups is 1. The summed E-state index contributed by atoms with van der Waals surface area (Å²) in [5.41, 5.74) is 2.83. The Morgan fingerprint density at radius 3 is 3.00 bits per heavy atom. The van der Waals surface area contributed by atoms with Gasteiger partial charge in [0.25, 0.3) is 0 Å². The summed E-state index contributed by atoms with van der Waals surface area (Å²) in [4.78, 5) is 17.7. The molecular formula is C18H18ClN3O2S. The van der Waals surface area contributed by atoms with Crippen molar-refractivity contribution < 1.29 is 9.53 Å². The van der Waals surface area contributed by atoms with E-state index < -0.39 is 0 Å². The fourth-order valence-electron chi connectivity index (χ4n) is 2.98. The van der Waals surface area contributed by atoms with E-state index in [2.05, 4.69) is 10.3 Å². The summed E-state index contributed by atoms with van der Waals surface area (Å²) in [6.07, 6.45) is 4.57. The van der Waals surface area contributed by atoms with Gasteiger partial charge in [-0.05, 0) is 25.0 Å². The molecule has 0 saturated carbocycles. The number of halogens is 1. The van der Waals surface area contributed by atoms with Gasteiger partial charge in [0, 0.05) is 41.0 Å². The van der Waals surface area contributed by atoms with Crippen molar-refractivity contribution in [2.24, 2.45) is 0 Å². The number of ether oxygens (including phenoxy) is 1. The number of carbonyl (C=O) groups excluding carboxylic acids is 1. The zero-order valence-corrected chi connectivity index (χ0v) is 15.1. The van der Waals surface area contributed by atoms with Gasteiger partial charge in [-0.2, -0.15) is 0 Å². The molecule has 1 amide bonds. The van der Waals surface area contributed by atoms with E-state index in [0.717, 1.165) is 41.4 Å². The van der Waals surface area contributed by atoms with Crippen molar-refractivity contribution in [1.29, 1.82) is 0 Å². The maximum atomic E-state index is 12.2. The summed E-state index contributed by atoms with van der Waals surface area (Å²) in [6.45, 7) is 1.39. The second-order valence-electron chi connectivity index (χ2n) is 6.13. The standard InChI is InChI=1S/C18H18ClN3O2S/c19-13-5-3-12(4-6-13)16-10-22-14(11-25-18(22)21-16)8-17(23)20-9-15-2-1-7-24-15/h3-6,10-11,15H,1-2,7-9H2,(H,20,23). The molecule has 0 radical (unpaired) electrons. The molecule has 0 aliphatic carbocycles. The highest BCUT2D eigenvalue weighted by Crippen LogP contribution is 2.25. The van der Waals surface area contributed by atoms with Gasteiger partial charge in [-0.1, -0.05) is 23.7 Å². The van der Waals surface area contributed by atoms with Crippen molar-refractivity contribution in [3.63, 3.8) is 0 Å². The monoisotopic (exact) mass is 375 g/mol. The van der Waals surface area contributed by atoms with Gasteiger partial charge in [0.2, 0.25) is 5.91 Å². The molecule has 1 unspecified atom stereocenters. The fourth-order valence-corrected chi connectivity index (χ4v) is 3.98. The molecule has 1 N–H and O–H groups in total. The van der Waals surface area contributed by atoms with E-state index in [0.29, 0.717) is 18.0 Å². The van der Waals surface area contributed by atoms with Crippen LogP contribution in [-0.2, 0) is 16.0 Å². The van der Waals surface area contributed by atoms with E-state index in [9.17, 15) is 4.79 Å². The molecular weight excluding hydrogens is 358 g/mol. The van der Waals surface area contributed by atoms with Crippen molar-refractivity contribution >= 4 is 33.8 Å². The van der Waals surface area contributed by atoms with Gasteiger partial charge >= 0.3 is 0 Å². The Hall–Kier alpha value is -1.89. The van der Waals surface area contributed by atoms with Crippen molar-refractivity contribution in [3.8, 4) is 11.3 Å². The van der Waals surface area contributed by atoms with Crippen molar-refractivity contribution in [2.75, 3.05) is 13.2 Å². The van der Waals surface area contributed by atoms with Gasteiger partial charge in [0.1, 0.15) is 0 Å². The lowest BCUT2D eigenvalue weighted by Gasteiger charge is -2.10. The molecule has 1 atom stereocenters. The number of hydrogen-bond acceptors (Lipinski definition) is 4. The zero-order chi connectivity index (χ0) is 17.2. The van der Waals surface area contributed by atoms with Crippen LogP contribution in [0, 0.1) is 0 Å². The van der Waals surface area contributed by atoms with Crippen molar-refractivity contribution in [1.82, 2.24) is 14.7 Å². The SMILES string of the molecule is O=C(Cc1csc2nc(-c3ccc(Cl)cc3)cn12)NCC1CCCO1. The smallest absolute Gasteiger partial charge is 0.226 e. The minimum Gasteiger partial charge on any atom is -0.376 e. The molecule has 0 spiro atoms. The minimum absolute atomic E-state index is 0.0111. The van der Waals surface area contributed by atoms with E-state index in [1.54, 1.807) is 0 Å². The molecule has 3 heterocycles. The zero-order valence-electron chi connectivity index (χ0n) is 13.6. The maximum Gasteiger partial charge on any atom is 0.226 e. The summed E-state index contributed by atoms with van der Waals surface area (Å²) in [6, 6.07) is 7.60. The normalized spacial score (nSPS) is 17.2. The summed E-state index contributed by atoms with van der Waals surface area (Å²) in [5, 5.41) is 5.65. The molecule has 1 aliphatic heterocycles. The van der Waals surface area contributed by atoms with Crippen LogP contribution in [0.15, 0.2) is 35.8 Å². The molecule has 1 aliphatic rings. The number of fused-ring (bicyclic) bond motifs is 1. The second kappa shape index (κ2) is 7.15. The van der Waals surface area contributed by atoms with Crippen LogP contribution in [-0.4, -0.2) is 34.5 Å². The Bertz CT molecular complexity index is 882. The molecule has 1 fully saturated rings. The van der Waals surface area contributed by atoms with Gasteiger partial charge in [0.15, 0.2) is 4.96 Å². The molecule has 0 bridgehead atoms. The number of nitrogens with zero attached hydrogens (tertiary/aromatic N) is 2. The molecule has 3 aromatic rings. The Morgan fingerprint density at radius 1 is 1.40 bits per heavy atom. The fraction of sp³-hybridized carbons (Fsp3) is 0.333. The van der Waals surface area contributed by atoms with Crippen LogP contribution in [0.2, 0.25) is 5.02 Å². The highest BCUT2D eigenvalue weighted by Gasteiger charge is 2.17. The van der Waals surface area contributed by atoms with Crippen LogP contribution in [0.5, 0.6) is 0 Å². The highest BCUT2D eigenvalue weighted by molar-refractivity contribution is 7.15. The first kappa shape index (κ1) is 16.6. The first-order valence-corrected chi connectivity index (χ1v) is 9.54. The molecule has 1 aromatic carbocycles. The van der Waals surface area contributed by atoms with Crippen molar-refractivity contribution in [2.45, 2.75) is 25.4 Å². The predicted molar refractivity (Wildman–Crippen MR) is 99.2 cm³/mol. The quantitative estimate of drug-likeness (QED) is 0.741. The van der Waals surface area contributed by atoms with E-state index in [1.165, 1.54) is 11.3 Å². The van der Waals surface area contributed by atoms with E-state index in [1.807, 2.05) is 40.2 Å². The number of benzene rings is 1. The number of nitrogens with one attached hydrogen (secondary N) is 1. The second-order valence-corrected chi connectivity index (χ2v) is 7.40. The van der Waals surface area contributed by atoms with E-state index in [4.69, 9.17) is 16.3 Å². The number of imidazole rings is 1. The molecule has 130 valence electrons. The topological polar surface area (TPSA) is 55.6 Å². The van der Waals surface area contributed by atoms with Crippen LogP contribution in [0.4, 0.5) is 0 Å². The third-order valence-corrected chi connectivity index (χ3v) is 5.46. The van der Waals surface area contributed by atoms with Crippen LogP contribution in [0.1, 0.15) is 18.5 Å². The lowest BCUT2D eigenvalue weighted by Crippen LogP contribution is -2.32. The molecule has 2 aromatic heterocycles. The van der Waals surface area contributed by atoms with Gasteiger partial charge in [0.05, 0.1) is 18.2 Å². The first-order valence-electron chi connectivity index (χ1n) is 8.29. The summed E-state index contributed by atoms with van der Waals surface area (Å²) >= 11 is 7.48. The largest absolute Gasteiger partial charge is 0.376 e. The van der Waals surface area contributed by atoms with Crippen LogP contribution < -0.4 is 5.32 Å². The predicted octanol–water partition coefficient (Wildman–Crippen LogP) is 3.55. The van der Waals surface area contributed by atoms with Crippen LogP contribution >= 0.6 is 22.9 Å². The molecule has 7 heteroatoms. The number of amides is 1. The first-order chi connectivity index (χ1) is 12.2. The van der Waals surface area contributed by atoms with Crippen LogP contribution in [0.25, 0.3) is 16.2 Å². The minimum atomic E-state index is 0.0111. The molecule has 4 rings (SSSR count). The number of thiazole rings is 1. The lowest BCUT2D eigenvalue weighted by molar-refractivity contribution is -0.121. The summed E-state index contributed by atoms with van der Waals surface area (Å²) < 4.78 is 7.52. The molecule has 5 nitrogen and oxygen atoms in total. The average molecular weight is 376 g/mol. The summed E-state index contributed by atoms with van der Waals surface area (Å²) in [5.74, 6) is 0.0111. The Kier molecular flexibility index (Phi) is 4.74. The highest BCUT2D eigenvalue weighted by atomic mass is 35.5. The molecule has 25 heavy (non-hydrogen) atoms.